The zero-order chi connectivity index (χ0) is 16.3. The van der Waals surface area contributed by atoms with Gasteiger partial charge in [0, 0.05) is 18.7 Å². The number of carboxylic acid groups (broad SMARTS) is 1. The van der Waals surface area contributed by atoms with Crippen LogP contribution in [0.25, 0.3) is 0 Å². The lowest BCUT2D eigenvalue weighted by Gasteiger charge is -2.17. The minimum Gasteiger partial charge on any atom is -0.481 e. The van der Waals surface area contributed by atoms with Gasteiger partial charge in [-0.05, 0) is 12.0 Å². The molecule has 0 aromatic heterocycles. The van der Waals surface area contributed by atoms with Gasteiger partial charge in [0.2, 0.25) is 5.91 Å². The first-order valence-corrected chi connectivity index (χ1v) is 6.91. The Morgan fingerprint density at radius 3 is 2.64 bits per heavy atom. The van der Waals surface area contributed by atoms with Crippen LogP contribution in [-0.2, 0) is 16.0 Å². The quantitative estimate of drug-likeness (QED) is 0.903. The van der Waals surface area contributed by atoms with E-state index in [0.29, 0.717) is 12.1 Å². The lowest BCUT2D eigenvalue weighted by Crippen LogP contribution is -2.31. The maximum absolute atomic E-state index is 12.3. The van der Waals surface area contributed by atoms with Gasteiger partial charge in [0.15, 0.2) is 0 Å². The molecule has 1 saturated heterocycles. The fourth-order valence-corrected chi connectivity index (χ4v) is 2.63. The van der Waals surface area contributed by atoms with E-state index >= 15 is 0 Å². The summed E-state index contributed by atoms with van der Waals surface area (Å²) >= 11 is 0. The number of aliphatic carboxylic acids is 1. The fourth-order valence-electron chi connectivity index (χ4n) is 2.63. The largest absolute Gasteiger partial charge is 0.481 e. The van der Waals surface area contributed by atoms with Crippen LogP contribution in [0.15, 0.2) is 24.3 Å². The van der Waals surface area contributed by atoms with Gasteiger partial charge in [-0.3, -0.25) is 9.59 Å². The molecule has 0 aliphatic carbocycles. The summed E-state index contributed by atoms with van der Waals surface area (Å²) in [6, 6.07) is 6.10. The second-order valence-electron chi connectivity index (χ2n) is 5.38. The summed E-state index contributed by atoms with van der Waals surface area (Å²) in [4.78, 5) is 24.8. The molecule has 1 N–H and O–H groups in total. The van der Waals surface area contributed by atoms with E-state index < -0.39 is 18.5 Å². The highest BCUT2D eigenvalue weighted by molar-refractivity contribution is 5.81. The normalized spacial score (nSPS) is 21.2. The number of alkyl halides is 2. The molecule has 5 nitrogen and oxygen atoms in total. The number of carboxylic acids is 1. The summed E-state index contributed by atoms with van der Waals surface area (Å²) in [5.74, 6) is -1.97. The van der Waals surface area contributed by atoms with Crippen molar-refractivity contribution in [2.24, 2.45) is 11.8 Å². The van der Waals surface area contributed by atoms with Gasteiger partial charge in [0.1, 0.15) is 5.75 Å². The fraction of sp³-hybridized carbons (Fsp3) is 0.467. The molecule has 0 spiro atoms. The molecule has 1 aromatic rings. The zero-order valence-electron chi connectivity index (χ0n) is 12.0. The third kappa shape index (κ3) is 3.72. The van der Waals surface area contributed by atoms with Crippen molar-refractivity contribution < 1.29 is 28.2 Å². The molecule has 1 amide bonds. The van der Waals surface area contributed by atoms with Crippen molar-refractivity contribution >= 4 is 11.9 Å². The molecule has 1 aromatic carbocycles. The van der Waals surface area contributed by atoms with Crippen molar-refractivity contribution in [1.82, 2.24) is 4.90 Å². The number of hydrogen-bond acceptors (Lipinski definition) is 3. The maximum atomic E-state index is 12.3. The molecule has 22 heavy (non-hydrogen) atoms. The predicted octanol–water partition coefficient (Wildman–Crippen LogP) is 2.01. The summed E-state index contributed by atoms with van der Waals surface area (Å²) in [6.45, 7) is -0.680. The van der Waals surface area contributed by atoms with Crippen LogP contribution in [0, 0.1) is 11.8 Å². The van der Waals surface area contributed by atoms with E-state index in [2.05, 4.69) is 4.74 Å². The Labute approximate surface area is 126 Å². The number of hydrogen-bond donors (Lipinski definition) is 1. The monoisotopic (exact) mass is 313 g/mol. The van der Waals surface area contributed by atoms with Crippen LogP contribution in [0.1, 0.15) is 12.5 Å². The van der Waals surface area contributed by atoms with Crippen LogP contribution < -0.4 is 4.74 Å². The molecule has 0 radical (unpaired) electrons. The van der Waals surface area contributed by atoms with E-state index in [-0.39, 0.29) is 30.5 Å². The van der Waals surface area contributed by atoms with Crippen molar-refractivity contribution in [3.8, 4) is 5.75 Å². The van der Waals surface area contributed by atoms with Crippen molar-refractivity contribution in [1.29, 1.82) is 0 Å². The van der Waals surface area contributed by atoms with Gasteiger partial charge >= 0.3 is 12.6 Å². The average Bonchev–Trinajstić information content (AvgIpc) is 2.83. The molecule has 1 heterocycles. The SMILES string of the molecule is C[C@@H]1CN(C(=O)Cc2ccccc2OC(F)F)C[C@H]1C(=O)O. The Kier molecular flexibility index (Phi) is 4.95. The van der Waals surface area contributed by atoms with Gasteiger partial charge in [-0.25, -0.2) is 0 Å². The van der Waals surface area contributed by atoms with E-state index in [1.165, 1.54) is 11.0 Å². The Balaban J connectivity index is 2.05. The molecule has 2 atom stereocenters. The molecule has 0 unspecified atom stereocenters. The highest BCUT2D eigenvalue weighted by atomic mass is 19.3. The third-order valence-corrected chi connectivity index (χ3v) is 3.81. The zero-order valence-corrected chi connectivity index (χ0v) is 12.0. The van der Waals surface area contributed by atoms with E-state index in [4.69, 9.17) is 5.11 Å². The van der Waals surface area contributed by atoms with Gasteiger partial charge in [-0.15, -0.1) is 0 Å². The summed E-state index contributed by atoms with van der Waals surface area (Å²) in [6.07, 6.45) is -0.0953. The highest BCUT2D eigenvalue weighted by Crippen LogP contribution is 2.26. The van der Waals surface area contributed by atoms with Crippen LogP contribution in [0.2, 0.25) is 0 Å². The second-order valence-corrected chi connectivity index (χ2v) is 5.38. The van der Waals surface area contributed by atoms with E-state index in [0.717, 1.165) is 0 Å². The summed E-state index contributed by atoms with van der Waals surface area (Å²) in [5, 5.41) is 9.07. The Morgan fingerprint density at radius 2 is 2.05 bits per heavy atom. The van der Waals surface area contributed by atoms with Crippen LogP contribution in [-0.4, -0.2) is 41.6 Å². The summed E-state index contributed by atoms with van der Waals surface area (Å²) < 4.78 is 29.1. The van der Waals surface area contributed by atoms with E-state index in [9.17, 15) is 18.4 Å². The Morgan fingerprint density at radius 1 is 1.36 bits per heavy atom. The van der Waals surface area contributed by atoms with Gasteiger partial charge in [-0.1, -0.05) is 25.1 Å². The number of halogens is 2. The minimum absolute atomic E-state index is 0.0344. The lowest BCUT2D eigenvalue weighted by atomic mass is 9.99. The molecule has 7 heteroatoms. The average molecular weight is 313 g/mol. The standard InChI is InChI=1S/C15H17F2NO4/c1-9-7-18(8-11(9)14(20)21)13(19)6-10-4-2-3-5-12(10)22-15(16)17/h2-5,9,11,15H,6-8H2,1H3,(H,20,21)/t9-,11-/m1/s1. The number of benzene rings is 1. The van der Waals surface area contributed by atoms with Crippen molar-refractivity contribution in [3.63, 3.8) is 0 Å². The first kappa shape index (κ1) is 16.2. The first-order chi connectivity index (χ1) is 10.4. The molecule has 2 rings (SSSR count). The van der Waals surface area contributed by atoms with Gasteiger partial charge in [-0.2, -0.15) is 8.78 Å². The van der Waals surface area contributed by atoms with Crippen LogP contribution in [0.3, 0.4) is 0 Å². The summed E-state index contributed by atoms with van der Waals surface area (Å²) in [7, 11) is 0. The molecule has 1 aliphatic heterocycles. The number of carbonyl (C=O) groups excluding carboxylic acids is 1. The lowest BCUT2D eigenvalue weighted by molar-refractivity contribution is -0.142. The van der Waals surface area contributed by atoms with E-state index in [1.807, 2.05) is 0 Å². The van der Waals surface area contributed by atoms with Gasteiger partial charge in [0.05, 0.1) is 12.3 Å². The first-order valence-electron chi connectivity index (χ1n) is 6.91. The molecule has 0 bridgehead atoms. The molecule has 1 aliphatic rings. The number of likely N-dealkylation sites (tertiary alicyclic amines) is 1. The van der Waals surface area contributed by atoms with Gasteiger partial charge < -0.3 is 14.7 Å². The van der Waals surface area contributed by atoms with Crippen molar-refractivity contribution in [2.45, 2.75) is 20.0 Å². The smallest absolute Gasteiger partial charge is 0.387 e. The number of carbonyl (C=O) groups is 2. The molecule has 120 valence electrons. The van der Waals surface area contributed by atoms with Crippen LogP contribution in [0.5, 0.6) is 5.75 Å². The van der Waals surface area contributed by atoms with Crippen molar-refractivity contribution in [2.75, 3.05) is 13.1 Å². The van der Waals surface area contributed by atoms with Crippen LogP contribution in [0.4, 0.5) is 8.78 Å². The highest BCUT2D eigenvalue weighted by Gasteiger charge is 2.36. The number of nitrogens with zero attached hydrogens (tertiary/aromatic N) is 1. The Hall–Kier alpha value is -2.18. The summed E-state index contributed by atoms with van der Waals surface area (Å²) in [5.41, 5.74) is 0.360. The maximum Gasteiger partial charge on any atom is 0.387 e. The predicted molar refractivity (Wildman–Crippen MR) is 73.6 cm³/mol. The molecular weight excluding hydrogens is 296 g/mol. The number of ether oxygens (including phenoxy) is 1. The number of amides is 1. The number of rotatable bonds is 5. The van der Waals surface area contributed by atoms with E-state index in [1.54, 1.807) is 25.1 Å². The molecule has 0 saturated carbocycles. The third-order valence-electron chi connectivity index (χ3n) is 3.81. The minimum atomic E-state index is -2.96. The topological polar surface area (TPSA) is 66.8 Å². The van der Waals surface area contributed by atoms with Gasteiger partial charge in [0.25, 0.3) is 0 Å². The Bertz CT molecular complexity index is 564. The van der Waals surface area contributed by atoms with Crippen LogP contribution >= 0.6 is 0 Å². The van der Waals surface area contributed by atoms with Crippen molar-refractivity contribution in [3.05, 3.63) is 29.8 Å². The second kappa shape index (κ2) is 6.72. The number of para-hydroxylation sites is 1. The molecular formula is C15H17F2NO4. The molecule has 1 fully saturated rings.